The van der Waals surface area contributed by atoms with Gasteiger partial charge < -0.3 is 5.32 Å². The van der Waals surface area contributed by atoms with Gasteiger partial charge in [0, 0.05) is 20.6 Å². The van der Waals surface area contributed by atoms with Crippen LogP contribution in [0.25, 0.3) is 0 Å². The van der Waals surface area contributed by atoms with Crippen LogP contribution in [0.2, 0.25) is 10.0 Å². The van der Waals surface area contributed by atoms with Crippen molar-refractivity contribution in [1.29, 1.82) is 0 Å². The van der Waals surface area contributed by atoms with Crippen LogP contribution in [0.4, 0.5) is 0 Å². The Balaban J connectivity index is 2.25. The standard InChI is InChI=1S/C17H18BrCl2N/c1-2-8-21-17(10-12-4-3-5-13(18)9-12)15-7-6-14(19)11-16(15)20/h3-7,9,11,17,21H,2,8,10H2,1H3. The molecule has 2 aromatic carbocycles. The highest BCUT2D eigenvalue weighted by atomic mass is 79.9. The summed E-state index contributed by atoms with van der Waals surface area (Å²) >= 11 is 15.9. The SMILES string of the molecule is CCCNC(Cc1cccc(Br)c1)c1ccc(Cl)cc1Cl. The minimum absolute atomic E-state index is 0.184. The Kier molecular flexibility index (Phi) is 6.56. The third-order valence-corrected chi connectivity index (χ3v) is 4.36. The fourth-order valence-corrected chi connectivity index (χ4v) is 3.28. The van der Waals surface area contributed by atoms with Crippen molar-refractivity contribution < 1.29 is 0 Å². The molecule has 0 saturated heterocycles. The maximum atomic E-state index is 6.37. The van der Waals surface area contributed by atoms with Gasteiger partial charge in [0.1, 0.15) is 0 Å². The first-order chi connectivity index (χ1) is 10.1. The van der Waals surface area contributed by atoms with Crippen LogP contribution >= 0.6 is 39.1 Å². The topological polar surface area (TPSA) is 12.0 Å². The Morgan fingerprint density at radius 2 is 1.95 bits per heavy atom. The second-order valence-corrected chi connectivity index (χ2v) is 6.77. The van der Waals surface area contributed by atoms with E-state index in [0.717, 1.165) is 29.4 Å². The molecule has 0 aliphatic rings. The van der Waals surface area contributed by atoms with Crippen LogP contribution in [-0.2, 0) is 6.42 Å². The van der Waals surface area contributed by atoms with Crippen LogP contribution in [0.1, 0.15) is 30.5 Å². The van der Waals surface area contributed by atoms with E-state index in [4.69, 9.17) is 23.2 Å². The fraction of sp³-hybridized carbons (Fsp3) is 0.294. The molecule has 0 heterocycles. The largest absolute Gasteiger partial charge is 0.310 e. The maximum Gasteiger partial charge on any atom is 0.0468 e. The molecule has 0 aliphatic carbocycles. The van der Waals surface area contributed by atoms with E-state index in [9.17, 15) is 0 Å². The summed E-state index contributed by atoms with van der Waals surface area (Å²) in [6.45, 7) is 3.12. The van der Waals surface area contributed by atoms with E-state index < -0.39 is 0 Å². The molecule has 21 heavy (non-hydrogen) atoms. The Labute approximate surface area is 144 Å². The lowest BCUT2D eigenvalue weighted by molar-refractivity contribution is 0.529. The van der Waals surface area contributed by atoms with Crippen molar-refractivity contribution in [3.8, 4) is 0 Å². The maximum absolute atomic E-state index is 6.37. The minimum atomic E-state index is 0.184. The van der Waals surface area contributed by atoms with Crippen molar-refractivity contribution in [2.24, 2.45) is 0 Å². The van der Waals surface area contributed by atoms with Gasteiger partial charge in [-0.15, -0.1) is 0 Å². The number of nitrogens with one attached hydrogen (secondary N) is 1. The molecule has 0 fully saturated rings. The Bertz CT molecular complexity index is 601. The van der Waals surface area contributed by atoms with E-state index in [1.54, 1.807) is 6.07 Å². The summed E-state index contributed by atoms with van der Waals surface area (Å²) in [4.78, 5) is 0. The smallest absolute Gasteiger partial charge is 0.0468 e. The molecule has 0 aliphatic heterocycles. The first kappa shape index (κ1) is 16.8. The van der Waals surface area contributed by atoms with Gasteiger partial charge in [0.2, 0.25) is 0 Å². The molecule has 0 saturated carbocycles. The molecule has 0 amide bonds. The summed E-state index contributed by atoms with van der Waals surface area (Å²) in [7, 11) is 0. The van der Waals surface area contributed by atoms with Crippen molar-refractivity contribution in [3.63, 3.8) is 0 Å². The van der Waals surface area contributed by atoms with Gasteiger partial charge in [0.15, 0.2) is 0 Å². The lowest BCUT2D eigenvalue weighted by Crippen LogP contribution is -2.24. The number of hydrogen-bond acceptors (Lipinski definition) is 1. The number of benzene rings is 2. The van der Waals surface area contributed by atoms with E-state index in [0.29, 0.717) is 10.0 Å². The van der Waals surface area contributed by atoms with Crippen LogP contribution in [0.15, 0.2) is 46.9 Å². The predicted molar refractivity (Wildman–Crippen MR) is 95.3 cm³/mol. The molecule has 1 N–H and O–H groups in total. The zero-order valence-corrected chi connectivity index (χ0v) is 15.0. The second-order valence-electron chi connectivity index (χ2n) is 5.01. The molecule has 0 aromatic heterocycles. The van der Waals surface area contributed by atoms with Gasteiger partial charge >= 0.3 is 0 Å². The van der Waals surface area contributed by atoms with Crippen molar-refractivity contribution >= 4 is 39.1 Å². The van der Waals surface area contributed by atoms with Crippen molar-refractivity contribution in [2.75, 3.05) is 6.54 Å². The summed E-state index contributed by atoms with van der Waals surface area (Å²) in [5, 5.41) is 4.95. The summed E-state index contributed by atoms with van der Waals surface area (Å²) in [5.41, 5.74) is 2.36. The molecule has 0 spiro atoms. The lowest BCUT2D eigenvalue weighted by atomic mass is 9.98. The zero-order chi connectivity index (χ0) is 15.2. The van der Waals surface area contributed by atoms with Crippen LogP contribution in [-0.4, -0.2) is 6.54 Å². The van der Waals surface area contributed by atoms with E-state index in [1.165, 1.54) is 5.56 Å². The normalized spacial score (nSPS) is 12.4. The van der Waals surface area contributed by atoms with Gasteiger partial charge in [-0.25, -0.2) is 0 Å². The van der Waals surface area contributed by atoms with Gasteiger partial charge in [0.05, 0.1) is 0 Å². The second kappa shape index (κ2) is 8.19. The van der Waals surface area contributed by atoms with Crippen LogP contribution in [0, 0.1) is 0 Å². The average molecular weight is 387 g/mol. The summed E-state index contributed by atoms with van der Waals surface area (Å²) in [5.74, 6) is 0. The lowest BCUT2D eigenvalue weighted by Gasteiger charge is -2.20. The average Bonchev–Trinajstić information content (AvgIpc) is 2.44. The Hall–Kier alpha value is -0.540. The highest BCUT2D eigenvalue weighted by molar-refractivity contribution is 9.10. The van der Waals surface area contributed by atoms with Gasteiger partial charge in [0.25, 0.3) is 0 Å². The molecule has 1 nitrogen and oxygen atoms in total. The molecule has 112 valence electrons. The molecule has 4 heteroatoms. The quantitative estimate of drug-likeness (QED) is 0.638. The van der Waals surface area contributed by atoms with Crippen molar-refractivity contribution in [2.45, 2.75) is 25.8 Å². The van der Waals surface area contributed by atoms with Crippen LogP contribution < -0.4 is 5.32 Å². The summed E-state index contributed by atoms with van der Waals surface area (Å²) in [6, 6.07) is 14.3. The first-order valence-electron chi connectivity index (χ1n) is 7.03. The van der Waals surface area contributed by atoms with Gasteiger partial charge in [-0.3, -0.25) is 0 Å². The molecule has 1 unspecified atom stereocenters. The fourth-order valence-electron chi connectivity index (χ4n) is 2.29. The molecular formula is C17H18BrCl2N. The van der Waals surface area contributed by atoms with E-state index in [2.05, 4.69) is 46.4 Å². The first-order valence-corrected chi connectivity index (χ1v) is 8.58. The molecule has 1 atom stereocenters. The third kappa shape index (κ3) is 5.00. The highest BCUT2D eigenvalue weighted by Crippen LogP contribution is 2.29. The van der Waals surface area contributed by atoms with Crippen molar-refractivity contribution in [3.05, 3.63) is 68.1 Å². The monoisotopic (exact) mass is 385 g/mol. The van der Waals surface area contributed by atoms with E-state index >= 15 is 0 Å². The number of halogens is 3. The van der Waals surface area contributed by atoms with Gasteiger partial charge in [-0.2, -0.15) is 0 Å². The van der Waals surface area contributed by atoms with Gasteiger partial charge in [-0.1, -0.05) is 64.3 Å². The summed E-state index contributed by atoms with van der Waals surface area (Å²) < 4.78 is 1.09. The molecule has 2 rings (SSSR count). The van der Waals surface area contributed by atoms with Crippen molar-refractivity contribution in [1.82, 2.24) is 5.32 Å². The van der Waals surface area contributed by atoms with Crippen LogP contribution in [0.5, 0.6) is 0 Å². The van der Waals surface area contributed by atoms with Crippen LogP contribution in [0.3, 0.4) is 0 Å². The van der Waals surface area contributed by atoms with Gasteiger partial charge in [-0.05, 0) is 54.8 Å². The molecule has 0 bridgehead atoms. The van der Waals surface area contributed by atoms with E-state index in [-0.39, 0.29) is 6.04 Å². The van der Waals surface area contributed by atoms with E-state index in [1.807, 2.05) is 18.2 Å². The third-order valence-electron chi connectivity index (χ3n) is 3.31. The zero-order valence-electron chi connectivity index (χ0n) is 11.9. The number of rotatable bonds is 6. The molecule has 0 radical (unpaired) electrons. The minimum Gasteiger partial charge on any atom is -0.310 e. The predicted octanol–water partition coefficient (Wildman–Crippen LogP) is 6.04. The summed E-state index contributed by atoms with van der Waals surface area (Å²) in [6.07, 6.45) is 1.97. The molecule has 2 aromatic rings. The highest BCUT2D eigenvalue weighted by Gasteiger charge is 2.15. The Morgan fingerprint density at radius 1 is 1.14 bits per heavy atom. The number of hydrogen-bond donors (Lipinski definition) is 1. The molecular weight excluding hydrogens is 369 g/mol. The Morgan fingerprint density at radius 3 is 2.62 bits per heavy atom.